The molecule has 144 valence electrons. The highest BCUT2D eigenvalue weighted by Crippen LogP contribution is 2.43. The van der Waals surface area contributed by atoms with E-state index in [0.717, 1.165) is 40.8 Å². The molecule has 0 saturated heterocycles. The first kappa shape index (κ1) is 17.9. The molecule has 28 heavy (non-hydrogen) atoms. The molecule has 1 saturated carbocycles. The zero-order valence-electron chi connectivity index (χ0n) is 15.9. The molecule has 0 unspecified atom stereocenters. The van der Waals surface area contributed by atoms with Crippen LogP contribution in [0.2, 0.25) is 0 Å². The fraction of sp³-hybridized carbons (Fsp3) is 0.381. The number of para-hydroxylation sites is 1. The van der Waals surface area contributed by atoms with Crippen LogP contribution in [0.15, 0.2) is 46.9 Å². The maximum Gasteiger partial charge on any atom is 0.240 e. The molecule has 1 fully saturated rings. The average molecular weight is 411 g/mol. The van der Waals surface area contributed by atoms with Gasteiger partial charge in [0.1, 0.15) is 0 Å². The van der Waals surface area contributed by atoms with E-state index in [9.17, 15) is 4.79 Å². The third-order valence-corrected chi connectivity index (χ3v) is 7.30. The lowest BCUT2D eigenvalue weighted by molar-refractivity contribution is -0.118. The van der Waals surface area contributed by atoms with Gasteiger partial charge in [0.25, 0.3) is 0 Å². The van der Waals surface area contributed by atoms with Crippen LogP contribution in [-0.2, 0) is 11.2 Å². The maximum absolute atomic E-state index is 13.3. The topological polar surface area (TPSA) is 51.0 Å². The van der Waals surface area contributed by atoms with E-state index in [1.807, 2.05) is 30.0 Å². The smallest absolute Gasteiger partial charge is 0.240 e. The first-order valence-electron chi connectivity index (χ1n) is 9.70. The number of benzene rings is 1. The summed E-state index contributed by atoms with van der Waals surface area (Å²) in [4.78, 5) is 16.4. The van der Waals surface area contributed by atoms with Crippen LogP contribution in [0.25, 0.3) is 10.7 Å². The molecule has 3 aromatic rings. The van der Waals surface area contributed by atoms with Crippen molar-refractivity contribution >= 4 is 34.7 Å². The molecule has 2 aliphatic rings. The Morgan fingerprint density at radius 1 is 1.21 bits per heavy atom. The minimum absolute atomic E-state index is 0.144. The molecular weight excluding hydrogens is 388 g/mol. The van der Waals surface area contributed by atoms with Crippen molar-refractivity contribution in [3.63, 3.8) is 0 Å². The number of thiophene rings is 1. The van der Waals surface area contributed by atoms with Crippen LogP contribution in [0.4, 0.5) is 5.69 Å². The van der Waals surface area contributed by atoms with Gasteiger partial charge in [0.2, 0.25) is 5.91 Å². The number of carbonyl (C=O) groups is 1. The molecule has 5 nitrogen and oxygen atoms in total. The number of nitrogens with zero attached hydrogens (tertiary/aromatic N) is 4. The van der Waals surface area contributed by atoms with Gasteiger partial charge in [-0.15, -0.1) is 21.5 Å². The highest BCUT2D eigenvalue weighted by atomic mass is 32.2. The van der Waals surface area contributed by atoms with Crippen LogP contribution < -0.4 is 4.90 Å². The first-order valence-corrected chi connectivity index (χ1v) is 11.5. The minimum atomic E-state index is -0.216. The van der Waals surface area contributed by atoms with Crippen LogP contribution in [0.3, 0.4) is 0 Å². The standard InChI is InChI=1S/C21H22N4OS2/c1-13-12-15-6-3-4-7-17(15)24(13)20(26)14(2)28-21-23-22-19(18-8-5-11-27-18)25(21)16-9-10-16/h3-8,11,13-14,16H,9-10,12H2,1-2H3/t13-,14-/m0/s1. The Balaban J connectivity index is 1.40. The summed E-state index contributed by atoms with van der Waals surface area (Å²) in [5, 5.41) is 11.6. The average Bonchev–Trinajstić information content (AvgIpc) is 3.09. The number of thioether (sulfide) groups is 1. The van der Waals surface area contributed by atoms with Gasteiger partial charge in [0.15, 0.2) is 11.0 Å². The van der Waals surface area contributed by atoms with E-state index in [-0.39, 0.29) is 17.2 Å². The van der Waals surface area contributed by atoms with Crippen molar-refractivity contribution < 1.29 is 4.79 Å². The number of carbonyl (C=O) groups excluding carboxylic acids is 1. The molecule has 0 spiro atoms. The zero-order valence-corrected chi connectivity index (χ0v) is 17.5. The molecular formula is C21H22N4OS2. The van der Waals surface area contributed by atoms with E-state index in [1.54, 1.807) is 11.3 Å². The fourth-order valence-electron chi connectivity index (χ4n) is 3.90. The molecule has 2 atom stereocenters. The first-order chi connectivity index (χ1) is 13.6. The molecule has 0 bridgehead atoms. The van der Waals surface area contributed by atoms with Gasteiger partial charge in [0.05, 0.1) is 10.1 Å². The SMILES string of the molecule is C[C@H](Sc1nnc(-c2cccs2)n1C1CC1)C(=O)N1c2ccccc2C[C@@H]1C. The van der Waals surface area contributed by atoms with Gasteiger partial charge < -0.3 is 4.90 Å². The van der Waals surface area contributed by atoms with Crippen LogP contribution in [-0.4, -0.2) is 32.0 Å². The highest BCUT2D eigenvalue weighted by Gasteiger charge is 2.36. The van der Waals surface area contributed by atoms with Crippen LogP contribution in [0, 0.1) is 0 Å². The van der Waals surface area contributed by atoms with Crippen LogP contribution in [0.1, 0.15) is 38.3 Å². The lowest BCUT2D eigenvalue weighted by atomic mass is 10.1. The molecule has 0 N–H and O–H groups in total. The maximum atomic E-state index is 13.3. The lowest BCUT2D eigenvalue weighted by Gasteiger charge is -2.25. The Bertz CT molecular complexity index is 1010. The molecule has 1 aliphatic heterocycles. The Hall–Kier alpha value is -2.12. The van der Waals surface area contributed by atoms with Gasteiger partial charge in [-0.2, -0.15) is 0 Å². The quantitative estimate of drug-likeness (QED) is 0.567. The second-order valence-corrected chi connectivity index (χ2v) is 9.79. The van der Waals surface area contributed by atoms with Crippen molar-refractivity contribution in [1.82, 2.24) is 14.8 Å². The van der Waals surface area contributed by atoms with E-state index >= 15 is 0 Å². The van der Waals surface area contributed by atoms with E-state index in [1.165, 1.54) is 17.3 Å². The van der Waals surface area contributed by atoms with Crippen molar-refractivity contribution in [2.45, 2.75) is 55.6 Å². The largest absolute Gasteiger partial charge is 0.308 e. The van der Waals surface area contributed by atoms with Gasteiger partial charge in [-0.25, -0.2) is 0 Å². The van der Waals surface area contributed by atoms with E-state index in [0.29, 0.717) is 6.04 Å². The molecule has 3 heterocycles. The predicted octanol–water partition coefficient (Wildman–Crippen LogP) is 4.80. The summed E-state index contributed by atoms with van der Waals surface area (Å²) in [6, 6.07) is 13.0. The van der Waals surface area contributed by atoms with Crippen molar-refractivity contribution in [1.29, 1.82) is 0 Å². The van der Waals surface area contributed by atoms with E-state index in [2.05, 4.69) is 45.3 Å². The Morgan fingerprint density at radius 2 is 2.04 bits per heavy atom. The molecule has 7 heteroatoms. The van der Waals surface area contributed by atoms with E-state index < -0.39 is 0 Å². The third-order valence-electron chi connectivity index (χ3n) is 5.39. The number of hydrogen-bond donors (Lipinski definition) is 0. The summed E-state index contributed by atoms with van der Waals surface area (Å²) >= 11 is 3.21. The summed E-state index contributed by atoms with van der Waals surface area (Å²) in [5.74, 6) is 1.07. The summed E-state index contributed by atoms with van der Waals surface area (Å²) in [6.07, 6.45) is 3.23. The van der Waals surface area contributed by atoms with Gasteiger partial charge in [-0.05, 0) is 56.2 Å². The van der Waals surface area contributed by atoms with Gasteiger partial charge >= 0.3 is 0 Å². The van der Waals surface area contributed by atoms with Crippen LogP contribution in [0.5, 0.6) is 0 Å². The van der Waals surface area contributed by atoms with Crippen molar-refractivity contribution in [2.24, 2.45) is 0 Å². The number of fused-ring (bicyclic) bond motifs is 1. The summed E-state index contributed by atoms with van der Waals surface area (Å²) in [5.41, 5.74) is 2.30. The Kier molecular flexibility index (Phi) is 4.51. The van der Waals surface area contributed by atoms with Gasteiger partial charge in [-0.3, -0.25) is 9.36 Å². The third kappa shape index (κ3) is 3.06. The van der Waals surface area contributed by atoms with Gasteiger partial charge in [-0.1, -0.05) is 36.0 Å². The molecule has 1 aromatic carbocycles. The summed E-state index contributed by atoms with van der Waals surface area (Å²) in [7, 11) is 0. The molecule has 1 amide bonds. The number of anilines is 1. The molecule has 0 radical (unpaired) electrons. The minimum Gasteiger partial charge on any atom is -0.308 e. The second kappa shape index (κ2) is 7.04. The summed E-state index contributed by atoms with van der Waals surface area (Å²) < 4.78 is 2.24. The van der Waals surface area contributed by atoms with Crippen molar-refractivity contribution in [3.05, 3.63) is 47.3 Å². The summed E-state index contributed by atoms with van der Waals surface area (Å²) in [6.45, 7) is 4.11. The van der Waals surface area contributed by atoms with E-state index in [4.69, 9.17) is 0 Å². The molecule has 5 rings (SSSR count). The Morgan fingerprint density at radius 3 is 2.79 bits per heavy atom. The zero-order chi connectivity index (χ0) is 19.3. The van der Waals surface area contributed by atoms with Gasteiger partial charge in [0, 0.05) is 17.8 Å². The second-order valence-electron chi connectivity index (χ2n) is 7.53. The number of amides is 1. The monoisotopic (exact) mass is 410 g/mol. The molecule has 2 aromatic heterocycles. The van der Waals surface area contributed by atoms with Crippen molar-refractivity contribution in [2.75, 3.05) is 4.90 Å². The van der Waals surface area contributed by atoms with Crippen molar-refractivity contribution in [3.8, 4) is 10.7 Å². The number of rotatable bonds is 5. The predicted molar refractivity (Wildman–Crippen MR) is 114 cm³/mol. The number of aromatic nitrogens is 3. The lowest BCUT2D eigenvalue weighted by Crippen LogP contribution is -2.40. The normalized spacial score (nSPS) is 19.6. The highest BCUT2D eigenvalue weighted by molar-refractivity contribution is 8.00. The number of hydrogen-bond acceptors (Lipinski definition) is 5. The Labute approximate surface area is 172 Å². The van der Waals surface area contributed by atoms with Crippen LogP contribution >= 0.6 is 23.1 Å². The molecule has 1 aliphatic carbocycles. The fourth-order valence-corrected chi connectivity index (χ4v) is 5.57.